The molecule has 0 heterocycles. The van der Waals surface area contributed by atoms with Gasteiger partial charge >= 0.3 is 6.09 Å². The van der Waals surface area contributed by atoms with Crippen LogP contribution in [0.4, 0.5) is 9.18 Å². The van der Waals surface area contributed by atoms with E-state index in [1.807, 2.05) is 32.9 Å². The van der Waals surface area contributed by atoms with E-state index in [1.54, 1.807) is 12.1 Å². The Labute approximate surface area is 130 Å². The van der Waals surface area contributed by atoms with Gasteiger partial charge in [0.1, 0.15) is 13.3 Å². The summed E-state index contributed by atoms with van der Waals surface area (Å²) in [6.07, 6.45) is -0.680. The molecule has 1 unspecified atom stereocenters. The zero-order valence-corrected chi connectivity index (χ0v) is 13.2. The molecular formula is C16H23FN2O3. The van der Waals surface area contributed by atoms with Crippen molar-refractivity contribution in [3.63, 3.8) is 0 Å². The second-order valence-corrected chi connectivity index (χ2v) is 5.40. The van der Waals surface area contributed by atoms with Crippen LogP contribution in [0.3, 0.4) is 0 Å². The van der Waals surface area contributed by atoms with Gasteiger partial charge in [0.15, 0.2) is 0 Å². The second-order valence-electron chi connectivity index (χ2n) is 5.40. The van der Waals surface area contributed by atoms with Gasteiger partial charge in [-0.3, -0.25) is 4.79 Å². The van der Waals surface area contributed by atoms with Crippen LogP contribution in [0.5, 0.6) is 0 Å². The Hall–Kier alpha value is -2.11. The smallest absolute Gasteiger partial charge is 0.407 e. The number of carbonyl (C=O) groups is 2. The first-order chi connectivity index (χ1) is 10.4. The van der Waals surface area contributed by atoms with Crippen LogP contribution in [-0.4, -0.2) is 37.9 Å². The maximum absolute atomic E-state index is 12.0. The second kappa shape index (κ2) is 9.02. The van der Waals surface area contributed by atoms with Crippen LogP contribution in [0.15, 0.2) is 24.3 Å². The van der Waals surface area contributed by atoms with Crippen LogP contribution in [0, 0.1) is 12.8 Å². The summed E-state index contributed by atoms with van der Waals surface area (Å²) in [6.45, 7) is 5.06. The number of nitrogens with one attached hydrogen (secondary N) is 2. The topological polar surface area (TPSA) is 67.4 Å². The minimum atomic E-state index is -0.718. The molecule has 0 fully saturated rings. The summed E-state index contributed by atoms with van der Waals surface area (Å²) in [5, 5.41) is 5.40. The lowest BCUT2D eigenvalue weighted by Gasteiger charge is -2.22. The number of hydrogen-bond donors (Lipinski definition) is 2. The predicted molar refractivity (Wildman–Crippen MR) is 82.6 cm³/mol. The number of alkyl carbamates (subject to hydrolysis) is 1. The van der Waals surface area contributed by atoms with Gasteiger partial charge in [-0.05, 0) is 25.0 Å². The number of rotatable bonds is 7. The van der Waals surface area contributed by atoms with Gasteiger partial charge in [0.25, 0.3) is 5.91 Å². The number of carbonyl (C=O) groups excluding carboxylic acids is 2. The van der Waals surface area contributed by atoms with E-state index in [0.717, 1.165) is 5.56 Å². The summed E-state index contributed by atoms with van der Waals surface area (Å²) in [6, 6.07) is 6.93. The lowest BCUT2D eigenvalue weighted by molar-refractivity contribution is 0.0941. The Morgan fingerprint density at radius 2 is 1.86 bits per heavy atom. The molecule has 0 radical (unpaired) electrons. The molecule has 0 bridgehead atoms. The zero-order chi connectivity index (χ0) is 16.5. The van der Waals surface area contributed by atoms with Crippen molar-refractivity contribution in [2.24, 2.45) is 5.92 Å². The van der Waals surface area contributed by atoms with Gasteiger partial charge in [0.2, 0.25) is 0 Å². The predicted octanol–water partition coefficient (Wildman–Crippen LogP) is 2.45. The molecule has 1 atom stereocenters. The molecule has 1 aromatic carbocycles. The molecule has 1 aromatic rings. The van der Waals surface area contributed by atoms with Gasteiger partial charge in [0.05, 0.1) is 6.04 Å². The van der Waals surface area contributed by atoms with Crippen LogP contribution in [-0.2, 0) is 4.74 Å². The minimum absolute atomic E-state index is 0.0937. The maximum atomic E-state index is 12.0. The minimum Gasteiger partial charge on any atom is -0.447 e. The fraction of sp³-hybridized carbons (Fsp3) is 0.500. The molecule has 5 nitrogen and oxygen atoms in total. The standard InChI is InChI=1S/C16H23FN2O3/c1-11(2)14(19-16(21)22-9-8-17)10-18-15(20)13-6-4-12(3)5-7-13/h4-7,11,14H,8-10H2,1-3H3,(H,18,20)(H,19,21). The molecule has 0 aromatic heterocycles. The van der Waals surface area contributed by atoms with Crippen LogP contribution in [0.25, 0.3) is 0 Å². The number of amides is 2. The van der Waals surface area contributed by atoms with Crippen molar-refractivity contribution in [3.8, 4) is 0 Å². The van der Waals surface area contributed by atoms with Gasteiger partial charge in [-0.1, -0.05) is 31.5 Å². The first kappa shape index (κ1) is 17.9. The van der Waals surface area contributed by atoms with E-state index in [2.05, 4.69) is 15.4 Å². The zero-order valence-electron chi connectivity index (χ0n) is 13.2. The van der Waals surface area contributed by atoms with E-state index in [4.69, 9.17) is 0 Å². The van der Waals surface area contributed by atoms with Crippen molar-refractivity contribution < 1.29 is 18.7 Å². The number of benzene rings is 1. The molecule has 2 N–H and O–H groups in total. The van der Waals surface area contributed by atoms with Crippen LogP contribution in [0.2, 0.25) is 0 Å². The van der Waals surface area contributed by atoms with Crippen molar-refractivity contribution in [1.82, 2.24) is 10.6 Å². The Bertz CT molecular complexity index is 489. The highest BCUT2D eigenvalue weighted by Gasteiger charge is 2.18. The highest BCUT2D eigenvalue weighted by molar-refractivity contribution is 5.94. The van der Waals surface area contributed by atoms with Crippen molar-refractivity contribution in [3.05, 3.63) is 35.4 Å². The third-order valence-electron chi connectivity index (χ3n) is 3.21. The fourth-order valence-electron chi connectivity index (χ4n) is 1.79. The van der Waals surface area contributed by atoms with Crippen LogP contribution < -0.4 is 10.6 Å². The van der Waals surface area contributed by atoms with Crippen LogP contribution in [0.1, 0.15) is 29.8 Å². The van der Waals surface area contributed by atoms with Crippen LogP contribution >= 0.6 is 0 Å². The Morgan fingerprint density at radius 3 is 2.41 bits per heavy atom. The van der Waals surface area contributed by atoms with E-state index < -0.39 is 12.8 Å². The number of alkyl halides is 1. The summed E-state index contributed by atoms with van der Waals surface area (Å²) in [7, 11) is 0. The lowest BCUT2D eigenvalue weighted by atomic mass is 10.0. The van der Waals surface area contributed by atoms with E-state index in [9.17, 15) is 14.0 Å². The van der Waals surface area contributed by atoms with Crippen molar-refractivity contribution in [2.45, 2.75) is 26.8 Å². The molecule has 0 saturated heterocycles. The van der Waals surface area contributed by atoms with Gasteiger partial charge < -0.3 is 15.4 Å². The lowest BCUT2D eigenvalue weighted by Crippen LogP contribution is -2.46. The first-order valence-corrected chi connectivity index (χ1v) is 7.28. The third kappa shape index (κ3) is 6.11. The molecule has 22 heavy (non-hydrogen) atoms. The fourth-order valence-corrected chi connectivity index (χ4v) is 1.79. The monoisotopic (exact) mass is 310 g/mol. The van der Waals surface area contributed by atoms with Crippen molar-refractivity contribution in [1.29, 1.82) is 0 Å². The van der Waals surface area contributed by atoms with E-state index in [0.29, 0.717) is 5.56 Å². The normalized spacial score (nSPS) is 11.9. The molecule has 0 aliphatic rings. The van der Waals surface area contributed by atoms with E-state index in [1.165, 1.54) is 0 Å². The van der Waals surface area contributed by atoms with Gasteiger partial charge in [-0.2, -0.15) is 0 Å². The Kier molecular flexibility index (Phi) is 7.36. The summed E-state index contributed by atoms with van der Waals surface area (Å²) in [5.74, 6) is -0.110. The van der Waals surface area contributed by atoms with Gasteiger partial charge in [-0.25, -0.2) is 9.18 Å². The Balaban J connectivity index is 2.51. The summed E-state index contributed by atoms with van der Waals surface area (Å²) < 4.78 is 16.6. The summed E-state index contributed by atoms with van der Waals surface area (Å²) >= 11 is 0. The van der Waals surface area contributed by atoms with E-state index in [-0.39, 0.29) is 31.0 Å². The molecule has 122 valence electrons. The molecule has 1 rings (SSSR count). The van der Waals surface area contributed by atoms with Crippen molar-refractivity contribution >= 4 is 12.0 Å². The maximum Gasteiger partial charge on any atom is 0.407 e. The molecule has 0 saturated carbocycles. The molecular weight excluding hydrogens is 287 g/mol. The Morgan fingerprint density at radius 1 is 1.23 bits per heavy atom. The first-order valence-electron chi connectivity index (χ1n) is 7.28. The number of halogens is 1. The summed E-state index contributed by atoms with van der Waals surface area (Å²) in [4.78, 5) is 23.5. The number of aryl methyl sites for hydroxylation is 1. The molecule has 0 spiro atoms. The largest absolute Gasteiger partial charge is 0.447 e. The van der Waals surface area contributed by atoms with Gasteiger partial charge in [0, 0.05) is 12.1 Å². The quantitative estimate of drug-likeness (QED) is 0.813. The van der Waals surface area contributed by atoms with Crippen molar-refractivity contribution in [2.75, 3.05) is 19.8 Å². The van der Waals surface area contributed by atoms with E-state index >= 15 is 0 Å². The molecule has 0 aliphatic carbocycles. The molecule has 0 aliphatic heterocycles. The third-order valence-corrected chi connectivity index (χ3v) is 3.21. The number of ether oxygens (including phenoxy) is 1. The highest BCUT2D eigenvalue weighted by atomic mass is 19.1. The summed E-state index contributed by atoms with van der Waals surface area (Å²) in [5.41, 5.74) is 1.64. The average molecular weight is 310 g/mol. The average Bonchev–Trinajstić information content (AvgIpc) is 2.49. The SMILES string of the molecule is Cc1ccc(C(=O)NCC(NC(=O)OCCF)C(C)C)cc1. The number of hydrogen-bond acceptors (Lipinski definition) is 3. The van der Waals surface area contributed by atoms with Gasteiger partial charge in [-0.15, -0.1) is 0 Å². The highest BCUT2D eigenvalue weighted by Crippen LogP contribution is 2.04. The molecule has 6 heteroatoms. The molecule has 2 amide bonds.